The van der Waals surface area contributed by atoms with Gasteiger partial charge in [0.05, 0.1) is 11.1 Å². The van der Waals surface area contributed by atoms with Gasteiger partial charge in [-0.2, -0.15) is 0 Å². The molecule has 1 aliphatic heterocycles. The molecule has 1 N–H and O–H groups in total. The molecule has 1 aromatic heterocycles. The van der Waals surface area contributed by atoms with Gasteiger partial charge >= 0.3 is 0 Å². The fourth-order valence-electron chi connectivity index (χ4n) is 2.52. The van der Waals surface area contributed by atoms with Gasteiger partial charge in [0.25, 0.3) is 5.91 Å². The van der Waals surface area contributed by atoms with Gasteiger partial charge < -0.3 is 19.3 Å². The van der Waals surface area contributed by atoms with Gasteiger partial charge in [0, 0.05) is 19.2 Å². The van der Waals surface area contributed by atoms with Crippen molar-refractivity contribution in [3.8, 4) is 5.75 Å². The van der Waals surface area contributed by atoms with Crippen molar-refractivity contribution in [2.75, 3.05) is 13.1 Å². The van der Waals surface area contributed by atoms with Crippen LogP contribution in [0.3, 0.4) is 0 Å². The number of halogens is 2. The number of β-amino-alcohol motifs (C(OH)–C–C–N with tert-alkyl or cyclic N) is 1. The topological polar surface area (TPSA) is 75.8 Å². The number of piperidine rings is 1. The third kappa shape index (κ3) is 3.85. The molecule has 24 heavy (non-hydrogen) atoms. The molecule has 1 aliphatic rings. The molecule has 0 radical (unpaired) electrons. The number of aliphatic hydroxyl groups excluding tert-OH is 1. The van der Waals surface area contributed by atoms with Gasteiger partial charge in [-0.1, -0.05) is 16.8 Å². The monoisotopic (exact) mass is 354 g/mol. The molecular weight excluding hydrogens is 339 g/mol. The van der Waals surface area contributed by atoms with E-state index in [9.17, 15) is 14.3 Å². The third-order valence-corrected chi connectivity index (χ3v) is 4.02. The molecule has 128 valence electrons. The summed E-state index contributed by atoms with van der Waals surface area (Å²) in [4.78, 5) is 13.9. The summed E-state index contributed by atoms with van der Waals surface area (Å²) in [5.74, 6) is -0.0926. The first-order chi connectivity index (χ1) is 11.5. The lowest BCUT2D eigenvalue weighted by Gasteiger charge is -2.29. The average molecular weight is 355 g/mol. The summed E-state index contributed by atoms with van der Waals surface area (Å²) in [5, 5.41) is 13.5. The van der Waals surface area contributed by atoms with Crippen LogP contribution in [0.5, 0.6) is 5.75 Å². The number of aliphatic hydroxyl groups is 1. The summed E-state index contributed by atoms with van der Waals surface area (Å²) in [6.07, 6.45) is 0.946. The number of nitrogens with zero attached hydrogens (tertiary/aromatic N) is 2. The Bertz CT molecular complexity index is 737. The predicted octanol–water partition coefficient (Wildman–Crippen LogP) is 2.64. The van der Waals surface area contributed by atoms with Crippen molar-refractivity contribution in [2.24, 2.45) is 0 Å². The largest absolute Gasteiger partial charge is 0.484 e. The van der Waals surface area contributed by atoms with Crippen molar-refractivity contribution in [2.45, 2.75) is 25.6 Å². The minimum absolute atomic E-state index is 0.00819. The van der Waals surface area contributed by atoms with E-state index < -0.39 is 11.9 Å². The SMILES string of the molecule is O=C(c1cc(COc2ccc(F)cc2Cl)on1)N1CCCC(O)C1. The fourth-order valence-corrected chi connectivity index (χ4v) is 2.75. The van der Waals surface area contributed by atoms with E-state index in [-0.39, 0.29) is 23.2 Å². The lowest BCUT2D eigenvalue weighted by atomic mass is 10.1. The van der Waals surface area contributed by atoms with Gasteiger partial charge in [-0.15, -0.1) is 0 Å². The quantitative estimate of drug-likeness (QED) is 0.913. The Morgan fingerprint density at radius 1 is 1.50 bits per heavy atom. The number of hydrogen-bond acceptors (Lipinski definition) is 5. The Morgan fingerprint density at radius 3 is 3.08 bits per heavy atom. The molecule has 8 heteroatoms. The minimum atomic E-state index is -0.502. The summed E-state index contributed by atoms with van der Waals surface area (Å²) in [5.41, 5.74) is 0.160. The molecule has 1 amide bonds. The number of carbonyl (C=O) groups is 1. The van der Waals surface area contributed by atoms with Gasteiger partial charge in [-0.3, -0.25) is 4.79 Å². The maximum Gasteiger partial charge on any atom is 0.276 e. The van der Waals surface area contributed by atoms with Gasteiger partial charge in [0.1, 0.15) is 18.2 Å². The second-order valence-electron chi connectivity index (χ2n) is 5.59. The van der Waals surface area contributed by atoms with Crippen molar-refractivity contribution >= 4 is 17.5 Å². The zero-order valence-electron chi connectivity index (χ0n) is 12.7. The van der Waals surface area contributed by atoms with Crippen molar-refractivity contribution in [1.82, 2.24) is 10.1 Å². The molecule has 1 fully saturated rings. The van der Waals surface area contributed by atoms with Crippen molar-refractivity contribution in [1.29, 1.82) is 0 Å². The number of rotatable bonds is 4. The molecule has 0 aliphatic carbocycles. The molecular formula is C16H16ClFN2O4. The van der Waals surface area contributed by atoms with Crippen LogP contribution in [0.2, 0.25) is 5.02 Å². The van der Waals surface area contributed by atoms with Crippen LogP contribution in [0.1, 0.15) is 29.1 Å². The second kappa shape index (κ2) is 7.19. The summed E-state index contributed by atoms with van der Waals surface area (Å²) >= 11 is 5.87. The van der Waals surface area contributed by atoms with E-state index in [0.29, 0.717) is 31.0 Å². The number of ether oxygens (including phenoxy) is 1. The van der Waals surface area contributed by atoms with Crippen LogP contribution in [0, 0.1) is 5.82 Å². The number of likely N-dealkylation sites (tertiary alicyclic amines) is 1. The molecule has 0 saturated carbocycles. The molecule has 1 unspecified atom stereocenters. The lowest BCUT2D eigenvalue weighted by Crippen LogP contribution is -2.42. The van der Waals surface area contributed by atoms with Crippen LogP contribution < -0.4 is 4.74 Å². The minimum Gasteiger partial charge on any atom is -0.484 e. The smallest absolute Gasteiger partial charge is 0.276 e. The van der Waals surface area contributed by atoms with Crippen LogP contribution in [0.15, 0.2) is 28.8 Å². The van der Waals surface area contributed by atoms with E-state index in [1.54, 1.807) is 4.90 Å². The summed E-state index contributed by atoms with van der Waals surface area (Å²) < 4.78 is 23.5. The summed E-state index contributed by atoms with van der Waals surface area (Å²) in [6.45, 7) is 0.886. The molecule has 2 heterocycles. The average Bonchev–Trinajstić information content (AvgIpc) is 3.02. The highest BCUT2D eigenvalue weighted by Crippen LogP contribution is 2.26. The van der Waals surface area contributed by atoms with Gasteiger partial charge in [-0.25, -0.2) is 4.39 Å². The van der Waals surface area contributed by atoms with Crippen molar-refractivity contribution < 1.29 is 23.6 Å². The summed E-state index contributed by atoms with van der Waals surface area (Å²) in [6, 6.07) is 5.28. The molecule has 2 aromatic rings. The van der Waals surface area contributed by atoms with Crippen LogP contribution in [0.25, 0.3) is 0 Å². The zero-order chi connectivity index (χ0) is 17.1. The lowest BCUT2D eigenvalue weighted by molar-refractivity contribution is 0.0465. The van der Waals surface area contributed by atoms with Crippen LogP contribution in [-0.4, -0.2) is 40.3 Å². The number of hydrogen-bond donors (Lipinski definition) is 1. The number of carbonyl (C=O) groups excluding carboxylic acids is 1. The Kier molecular flexibility index (Phi) is 5.01. The molecule has 3 rings (SSSR count). The maximum atomic E-state index is 13.0. The number of benzene rings is 1. The molecule has 6 nitrogen and oxygen atoms in total. The van der Waals surface area contributed by atoms with Crippen LogP contribution >= 0.6 is 11.6 Å². The Hall–Kier alpha value is -2.12. The van der Waals surface area contributed by atoms with E-state index in [1.807, 2.05) is 0 Å². The van der Waals surface area contributed by atoms with Gasteiger partial charge in [0.15, 0.2) is 11.5 Å². The van der Waals surface area contributed by atoms with Crippen molar-refractivity contribution in [3.63, 3.8) is 0 Å². The Labute approximate surface area is 142 Å². The Morgan fingerprint density at radius 2 is 2.33 bits per heavy atom. The fraction of sp³-hybridized carbons (Fsp3) is 0.375. The highest BCUT2D eigenvalue weighted by Gasteiger charge is 2.25. The normalized spacial score (nSPS) is 17.8. The first-order valence-corrected chi connectivity index (χ1v) is 7.91. The number of amides is 1. The van der Waals surface area contributed by atoms with E-state index >= 15 is 0 Å². The molecule has 1 atom stereocenters. The number of aromatic nitrogens is 1. The first-order valence-electron chi connectivity index (χ1n) is 7.53. The molecule has 0 bridgehead atoms. The highest BCUT2D eigenvalue weighted by molar-refractivity contribution is 6.32. The van der Waals surface area contributed by atoms with Crippen LogP contribution in [-0.2, 0) is 6.61 Å². The summed E-state index contributed by atoms with van der Waals surface area (Å²) in [7, 11) is 0. The molecule has 1 saturated heterocycles. The van der Waals surface area contributed by atoms with Gasteiger partial charge in [-0.05, 0) is 31.0 Å². The molecule has 0 spiro atoms. The van der Waals surface area contributed by atoms with Crippen molar-refractivity contribution in [3.05, 3.63) is 46.6 Å². The Balaban J connectivity index is 1.62. The third-order valence-electron chi connectivity index (χ3n) is 3.73. The predicted molar refractivity (Wildman–Crippen MR) is 83.4 cm³/mol. The second-order valence-corrected chi connectivity index (χ2v) is 6.00. The van der Waals surface area contributed by atoms with E-state index in [0.717, 1.165) is 12.5 Å². The van der Waals surface area contributed by atoms with E-state index in [2.05, 4.69) is 5.16 Å². The van der Waals surface area contributed by atoms with Crippen LogP contribution in [0.4, 0.5) is 4.39 Å². The first kappa shape index (κ1) is 16.7. The maximum absolute atomic E-state index is 13.0. The molecule has 1 aromatic carbocycles. The van der Waals surface area contributed by atoms with E-state index in [1.165, 1.54) is 18.2 Å². The highest BCUT2D eigenvalue weighted by atomic mass is 35.5. The zero-order valence-corrected chi connectivity index (χ0v) is 13.5. The van der Waals surface area contributed by atoms with Gasteiger partial charge in [0.2, 0.25) is 0 Å². The standard InChI is InChI=1S/C16H16ClFN2O4/c17-13-6-10(18)3-4-15(13)23-9-12-7-14(19-24-12)16(22)20-5-1-2-11(21)8-20/h3-4,6-7,11,21H,1-2,5,8-9H2. The van der Waals surface area contributed by atoms with E-state index in [4.69, 9.17) is 20.9 Å².